The van der Waals surface area contributed by atoms with Crippen molar-refractivity contribution in [3.63, 3.8) is 0 Å². The number of aromatic carboxylic acids is 1. The highest BCUT2D eigenvalue weighted by atomic mass is 32.2. The topological polar surface area (TPSA) is 77.9 Å². The molecule has 0 saturated carbocycles. The maximum absolute atomic E-state index is 12.7. The zero-order valence-corrected chi connectivity index (χ0v) is 16.2. The van der Waals surface area contributed by atoms with Crippen LogP contribution in [0.15, 0.2) is 40.6 Å². The number of nitrogens with zero attached hydrogens (tertiary/aromatic N) is 2. The van der Waals surface area contributed by atoms with Crippen LogP contribution >= 0.6 is 11.3 Å². The van der Waals surface area contributed by atoms with E-state index in [1.807, 2.05) is 24.3 Å². The average molecular weight is 395 g/mol. The molecule has 2 aromatic rings. The van der Waals surface area contributed by atoms with Gasteiger partial charge in [0.25, 0.3) is 0 Å². The number of benzene rings is 1. The number of hydrogen-bond donors (Lipinski definition) is 1. The first-order chi connectivity index (χ1) is 12.4. The molecule has 0 spiro atoms. The zero-order valence-electron chi connectivity index (χ0n) is 14.6. The summed E-state index contributed by atoms with van der Waals surface area (Å²) in [5.74, 6) is -1.22. The number of hydrogen-bond acceptors (Lipinski definition) is 5. The lowest BCUT2D eigenvalue weighted by atomic mass is 10.1. The van der Waals surface area contributed by atoms with E-state index in [0.717, 1.165) is 35.7 Å². The molecular weight excluding hydrogens is 372 g/mol. The predicted octanol–water partition coefficient (Wildman–Crippen LogP) is 3.26. The highest BCUT2D eigenvalue weighted by Gasteiger charge is 2.27. The van der Waals surface area contributed by atoms with Crippen molar-refractivity contribution in [2.24, 2.45) is 0 Å². The molecule has 3 rings (SSSR count). The lowest BCUT2D eigenvalue weighted by molar-refractivity contribution is 0.0698. The molecule has 1 fully saturated rings. The van der Waals surface area contributed by atoms with Gasteiger partial charge in [-0.15, -0.1) is 11.3 Å². The van der Waals surface area contributed by atoms with Crippen LogP contribution in [0.25, 0.3) is 0 Å². The van der Waals surface area contributed by atoms with Gasteiger partial charge in [0, 0.05) is 32.4 Å². The summed E-state index contributed by atoms with van der Waals surface area (Å²) in [5, 5.41) is 10.7. The third-order valence-corrected chi connectivity index (χ3v) is 7.45. The maximum atomic E-state index is 12.7. The molecule has 1 saturated heterocycles. The van der Waals surface area contributed by atoms with E-state index in [9.17, 15) is 13.2 Å². The highest BCUT2D eigenvalue weighted by Crippen LogP contribution is 2.26. The largest absolute Gasteiger partial charge is 0.477 e. The molecule has 1 aliphatic rings. The van der Waals surface area contributed by atoms with Gasteiger partial charge in [-0.2, -0.15) is 4.31 Å². The lowest BCUT2D eigenvalue weighted by Crippen LogP contribution is -2.29. The molecule has 2 heterocycles. The number of sulfonamides is 1. The molecule has 0 atom stereocenters. The van der Waals surface area contributed by atoms with E-state index >= 15 is 0 Å². The molecule has 26 heavy (non-hydrogen) atoms. The smallest absolute Gasteiger partial charge is 0.347 e. The van der Waals surface area contributed by atoms with Gasteiger partial charge in [0.05, 0.1) is 0 Å². The van der Waals surface area contributed by atoms with Crippen molar-refractivity contribution in [2.75, 3.05) is 25.0 Å². The first-order valence-electron chi connectivity index (χ1n) is 8.50. The van der Waals surface area contributed by atoms with Gasteiger partial charge in [-0.1, -0.05) is 12.1 Å². The molecule has 8 heteroatoms. The summed E-state index contributed by atoms with van der Waals surface area (Å²) in [6.45, 7) is 2.31. The van der Waals surface area contributed by atoms with E-state index in [1.165, 1.54) is 42.1 Å². The van der Waals surface area contributed by atoms with Crippen molar-refractivity contribution in [1.29, 1.82) is 0 Å². The zero-order chi connectivity index (χ0) is 18.7. The fourth-order valence-corrected chi connectivity index (χ4v) is 5.52. The van der Waals surface area contributed by atoms with Crippen LogP contribution in [-0.4, -0.2) is 43.9 Å². The Hall–Kier alpha value is -1.90. The SMILES string of the molecule is CN(Cc1ccc(N2CCCCC2)cc1)S(=O)(=O)c1ccsc1C(=O)O. The Kier molecular flexibility index (Phi) is 5.64. The monoisotopic (exact) mass is 394 g/mol. The molecule has 0 radical (unpaired) electrons. The fourth-order valence-electron chi connectivity index (χ4n) is 3.13. The lowest BCUT2D eigenvalue weighted by Gasteiger charge is -2.29. The second-order valence-corrected chi connectivity index (χ2v) is 9.32. The highest BCUT2D eigenvalue weighted by molar-refractivity contribution is 7.89. The van der Waals surface area contributed by atoms with E-state index in [4.69, 9.17) is 5.11 Å². The number of carbonyl (C=O) groups is 1. The number of carboxylic acid groups (broad SMARTS) is 1. The van der Waals surface area contributed by atoms with Crippen molar-refractivity contribution in [1.82, 2.24) is 4.31 Å². The van der Waals surface area contributed by atoms with E-state index < -0.39 is 16.0 Å². The summed E-state index contributed by atoms with van der Waals surface area (Å²) < 4.78 is 26.6. The molecule has 0 aliphatic carbocycles. The van der Waals surface area contributed by atoms with Crippen LogP contribution in [0.3, 0.4) is 0 Å². The van der Waals surface area contributed by atoms with E-state index in [2.05, 4.69) is 4.90 Å². The third-order valence-electron chi connectivity index (χ3n) is 4.57. The summed E-state index contributed by atoms with van der Waals surface area (Å²) in [6, 6.07) is 9.26. The average Bonchev–Trinajstić information content (AvgIpc) is 3.14. The number of anilines is 1. The Morgan fingerprint density at radius 3 is 2.42 bits per heavy atom. The van der Waals surface area contributed by atoms with E-state index in [-0.39, 0.29) is 16.3 Å². The Labute approximate surface area is 157 Å². The third kappa shape index (κ3) is 3.92. The van der Waals surface area contributed by atoms with Crippen LogP contribution in [0, 0.1) is 0 Å². The Balaban J connectivity index is 1.73. The van der Waals surface area contributed by atoms with Crippen LogP contribution in [0.2, 0.25) is 0 Å². The Morgan fingerprint density at radius 1 is 1.15 bits per heavy atom. The van der Waals surface area contributed by atoms with Gasteiger partial charge in [-0.05, 0) is 48.4 Å². The molecule has 140 valence electrons. The van der Waals surface area contributed by atoms with Gasteiger partial charge in [-0.3, -0.25) is 0 Å². The quantitative estimate of drug-likeness (QED) is 0.814. The predicted molar refractivity (Wildman–Crippen MR) is 102 cm³/mol. The minimum absolute atomic E-state index is 0.151. The van der Waals surface area contributed by atoms with Crippen molar-refractivity contribution in [2.45, 2.75) is 30.7 Å². The van der Waals surface area contributed by atoms with Crippen LogP contribution in [-0.2, 0) is 16.6 Å². The van der Waals surface area contributed by atoms with Crippen molar-refractivity contribution >= 4 is 33.0 Å². The van der Waals surface area contributed by atoms with Gasteiger partial charge < -0.3 is 10.0 Å². The first kappa shape index (κ1) is 18.9. The van der Waals surface area contributed by atoms with Crippen molar-refractivity contribution in [3.8, 4) is 0 Å². The van der Waals surface area contributed by atoms with Gasteiger partial charge in [0.15, 0.2) is 0 Å². The van der Waals surface area contributed by atoms with Crippen LogP contribution in [0.4, 0.5) is 5.69 Å². The molecule has 0 unspecified atom stereocenters. The number of piperidine rings is 1. The van der Waals surface area contributed by atoms with Gasteiger partial charge in [0.2, 0.25) is 10.0 Å². The molecule has 1 aromatic heterocycles. The molecule has 0 amide bonds. The summed E-state index contributed by atoms with van der Waals surface area (Å²) in [4.78, 5) is 13.3. The molecule has 6 nitrogen and oxygen atoms in total. The maximum Gasteiger partial charge on any atom is 0.347 e. The normalized spacial score (nSPS) is 15.4. The Bertz CT molecular complexity index is 869. The second-order valence-electron chi connectivity index (χ2n) is 6.39. The van der Waals surface area contributed by atoms with Gasteiger partial charge in [-0.25, -0.2) is 13.2 Å². The van der Waals surface area contributed by atoms with Crippen LogP contribution in [0.5, 0.6) is 0 Å². The standard InChI is InChI=1S/C18H22N2O4S2/c1-19(26(23,24)16-9-12-25-17(16)18(21)22)13-14-5-7-15(8-6-14)20-10-3-2-4-11-20/h5-9,12H,2-4,10-11,13H2,1H3,(H,21,22). The van der Waals surface area contributed by atoms with Gasteiger partial charge >= 0.3 is 5.97 Å². The molecule has 0 bridgehead atoms. The summed E-state index contributed by atoms with van der Waals surface area (Å²) in [6.07, 6.45) is 3.68. The van der Waals surface area contributed by atoms with Crippen molar-refractivity contribution < 1.29 is 18.3 Å². The van der Waals surface area contributed by atoms with Crippen LogP contribution in [0.1, 0.15) is 34.5 Å². The Morgan fingerprint density at radius 2 is 1.81 bits per heavy atom. The number of thiophene rings is 1. The summed E-state index contributed by atoms with van der Waals surface area (Å²) in [5.41, 5.74) is 2.02. The fraction of sp³-hybridized carbons (Fsp3) is 0.389. The molecular formula is C18H22N2O4S2. The van der Waals surface area contributed by atoms with E-state index in [1.54, 1.807) is 0 Å². The minimum atomic E-state index is -3.85. The first-order valence-corrected chi connectivity index (χ1v) is 10.8. The number of carboxylic acids is 1. The summed E-state index contributed by atoms with van der Waals surface area (Å²) in [7, 11) is -2.38. The van der Waals surface area contributed by atoms with Gasteiger partial charge in [0.1, 0.15) is 9.77 Å². The summed E-state index contributed by atoms with van der Waals surface area (Å²) >= 11 is 0.915. The second kappa shape index (κ2) is 7.77. The molecule has 1 N–H and O–H groups in total. The van der Waals surface area contributed by atoms with Crippen molar-refractivity contribution in [3.05, 3.63) is 46.2 Å². The molecule has 1 aromatic carbocycles. The molecule has 1 aliphatic heterocycles. The van der Waals surface area contributed by atoms with E-state index in [0.29, 0.717) is 0 Å². The number of rotatable bonds is 6. The minimum Gasteiger partial charge on any atom is -0.477 e. The van der Waals surface area contributed by atoms with Crippen LogP contribution < -0.4 is 4.90 Å².